The van der Waals surface area contributed by atoms with Crippen LogP contribution in [0.25, 0.3) is 0 Å². The summed E-state index contributed by atoms with van der Waals surface area (Å²) in [5.41, 5.74) is 2.78. The van der Waals surface area contributed by atoms with Crippen molar-refractivity contribution in [2.24, 2.45) is 5.92 Å². The zero-order valence-corrected chi connectivity index (χ0v) is 15.6. The lowest BCUT2D eigenvalue weighted by atomic mass is 10.00. The number of benzene rings is 2. The lowest BCUT2D eigenvalue weighted by molar-refractivity contribution is 0.235. The molecule has 0 saturated carbocycles. The maximum absolute atomic E-state index is 5.78. The second-order valence-electron chi connectivity index (χ2n) is 6.76. The Kier molecular flexibility index (Phi) is 8.94. The number of nitrogens with zero attached hydrogens (tertiary/aromatic N) is 1. The van der Waals surface area contributed by atoms with E-state index in [1.165, 1.54) is 30.4 Å². The van der Waals surface area contributed by atoms with Crippen molar-refractivity contribution in [3.05, 3.63) is 71.8 Å². The van der Waals surface area contributed by atoms with Crippen LogP contribution < -0.4 is 0 Å². The first kappa shape index (κ1) is 19.0. The summed E-state index contributed by atoms with van der Waals surface area (Å²) in [6.45, 7) is 5.55. The summed E-state index contributed by atoms with van der Waals surface area (Å²) in [7, 11) is 0. The third-order valence-corrected chi connectivity index (χ3v) is 4.78. The summed E-state index contributed by atoms with van der Waals surface area (Å²) >= 11 is 5.78. The molecule has 130 valence electrons. The highest BCUT2D eigenvalue weighted by molar-refractivity contribution is 6.17. The molecule has 24 heavy (non-hydrogen) atoms. The summed E-state index contributed by atoms with van der Waals surface area (Å²) in [6.07, 6.45) is 4.94. The minimum absolute atomic E-state index is 0.766. The Bertz CT molecular complexity index is 499. The summed E-state index contributed by atoms with van der Waals surface area (Å²) in [5.74, 6) is 1.56. The molecule has 0 bridgehead atoms. The molecule has 0 spiro atoms. The molecule has 0 amide bonds. The molecule has 0 saturated heterocycles. The Morgan fingerprint density at radius 2 is 1.33 bits per heavy atom. The van der Waals surface area contributed by atoms with Crippen LogP contribution in [0.5, 0.6) is 0 Å². The van der Waals surface area contributed by atoms with Crippen LogP contribution in [0.4, 0.5) is 0 Å². The third-order valence-electron chi connectivity index (χ3n) is 4.52. The normalized spacial score (nSPS) is 12.5. The zero-order chi connectivity index (χ0) is 17.0. The second kappa shape index (κ2) is 11.3. The molecule has 2 aromatic rings. The van der Waals surface area contributed by atoms with E-state index in [1.807, 2.05) is 0 Å². The zero-order valence-electron chi connectivity index (χ0n) is 14.8. The first-order valence-electron chi connectivity index (χ1n) is 9.14. The van der Waals surface area contributed by atoms with E-state index in [-0.39, 0.29) is 0 Å². The monoisotopic (exact) mass is 343 g/mol. The van der Waals surface area contributed by atoms with E-state index < -0.39 is 0 Å². The lowest BCUT2D eigenvalue weighted by Gasteiger charge is -2.24. The molecule has 0 aromatic heterocycles. The number of halogens is 1. The average Bonchev–Trinajstić information content (AvgIpc) is 2.62. The fraction of sp³-hybridized carbons (Fsp3) is 0.455. The molecule has 0 unspecified atom stereocenters. The molecule has 2 rings (SSSR count). The van der Waals surface area contributed by atoms with Crippen LogP contribution in [-0.2, 0) is 13.1 Å². The van der Waals surface area contributed by atoms with Gasteiger partial charge in [0.15, 0.2) is 0 Å². The fourth-order valence-corrected chi connectivity index (χ4v) is 3.22. The van der Waals surface area contributed by atoms with Gasteiger partial charge in [0.05, 0.1) is 0 Å². The first-order chi connectivity index (χ1) is 11.8. The lowest BCUT2D eigenvalue weighted by Crippen LogP contribution is -2.25. The quantitative estimate of drug-likeness (QED) is 0.350. The molecule has 0 aliphatic rings. The van der Waals surface area contributed by atoms with E-state index in [0.717, 1.165) is 37.9 Å². The van der Waals surface area contributed by atoms with Gasteiger partial charge in [-0.3, -0.25) is 4.90 Å². The van der Waals surface area contributed by atoms with E-state index in [2.05, 4.69) is 72.5 Å². The van der Waals surface area contributed by atoms with Gasteiger partial charge in [-0.05, 0) is 36.4 Å². The van der Waals surface area contributed by atoms with Crippen molar-refractivity contribution in [1.82, 2.24) is 4.90 Å². The third kappa shape index (κ3) is 7.51. The largest absolute Gasteiger partial charge is 0.295 e. The van der Waals surface area contributed by atoms with Crippen LogP contribution in [0.2, 0.25) is 0 Å². The van der Waals surface area contributed by atoms with Crippen LogP contribution in [-0.4, -0.2) is 17.3 Å². The molecule has 0 fully saturated rings. The maximum Gasteiger partial charge on any atom is 0.0237 e. The molecule has 2 aromatic carbocycles. The van der Waals surface area contributed by atoms with Crippen molar-refractivity contribution >= 4 is 11.6 Å². The second-order valence-corrected chi connectivity index (χ2v) is 7.14. The highest BCUT2D eigenvalue weighted by atomic mass is 35.5. The van der Waals surface area contributed by atoms with Crippen molar-refractivity contribution < 1.29 is 0 Å². The fourth-order valence-electron chi connectivity index (χ4n) is 3.03. The van der Waals surface area contributed by atoms with Gasteiger partial charge in [-0.1, -0.05) is 80.4 Å². The van der Waals surface area contributed by atoms with Gasteiger partial charge in [-0.15, -0.1) is 11.6 Å². The van der Waals surface area contributed by atoms with Gasteiger partial charge in [-0.2, -0.15) is 0 Å². The van der Waals surface area contributed by atoms with Gasteiger partial charge >= 0.3 is 0 Å². The van der Waals surface area contributed by atoms with Gasteiger partial charge in [0.2, 0.25) is 0 Å². The van der Waals surface area contributed by atoms with Gasteiger partial charge in [0.1, 0.15) is 0 Å². The summed E-state index contributed by atoms with van der Waals surface area (Å²) < 4.78 is 0. The molecule has 0 radical (unpaired) electrons. The highest BCUT2D eigenvalue weighted by Crippen LogP contribution is 2.16. The Balaban J connectivity index is 1.89. The maximum atomic E-state index is 5.78. The smallest absolute Gasteiger partial charge is 0.0237 e. The Morgan fingerprint density at radius 3 is 1.83 bits per heavy atom. The van der Waals surface area contributed by atoms with Crippen LogP contribution in [0, 0.1) is 5.92 Å². The van der Waals surface area contributed by atoms with Crippen molar-refractivity contribution in [3.8, 4) is 0 Å². The molecular weight excluding hydrogens is 314 g/mol. The topological polar surface area (TPSA) is 3.24 Å². The summed E-state index contributed by atoms with van der Waals surface area (Å²) in [6, 6.07) is 21.6. The molecule has 2 heteroatoms. The number of alkyl halides is 1. The van der Waals surface area contributed by atoms with Crippen LogP contribution in [0.3, 0.4) is 0 Å². The van der Waals surface area contributed by atoms with Gasteiger partial charge < -0.3 is 0 Å². The van der Waals surface area contributed by atoms with Gasteiger partial charge in [0, 0.05) is 19.0 Å². The van der Waals surface area contributed by atoms with E-state index in [1.54, 1.807) is 0 Å². The first-order valence-corrected chi connectivity index (χ1v) is 9.67. The molecule has 1 atom stereocenters. The summed E-state index contributed by atoms with van der Waals surface area (Å²) in [5, 5.41) is 0. The molecule has 1 nitrogen and oxygen atoms in total. The van der Waals surface area contributed by atoms with E-state index in [9.17, 15) is 0 Å². The Morgan fingerprint density at radius 1 is 0.792 bits per heavy atom. The van der Waals surface area contributed by atoms with Crippen LogP contribution in [0.1, 0.15) is 43.7 Å². The van der Waals surface area contributed by atoms with Crippen molar-refractivity contribution in [1.29, 1.82) is 0 Å². The molecule has 0 heterocycles. The predicted octanol–water partition coefficient (Wildman–Crippen LogP) is 6.12. The van der Waals surface area contributed by atoms with E-state index >= 15 is 0 Å². The molecule has 0 aliphatic carbocycles. The predicted molar refractivity (Wildman–Crippen MR) is 105 cm³/mol. The van der Waals surface area contributed by atoms with Crippen LogP contribution in [0.15, 0.2) is 60.7 Å². The molecular formula is C22H30ClN. The number of unbranched alkanes of at least 4 members (excludes halogenated alkanes) is 1. The van der Waals surface area contributed by atoms with Crippen LogP contribution >= 0.6 is 11.6 Å². The summed E-state index contributed by atoms with van der Waals surface area (Å²) in [4.78, 5) is 2.57. The number of rotatable bonds is 11. The van der Waals surface area contributed by atoms with E-state index in [0.29, 0.717) is 0 Å². The highest BCUT2D eigenvalue weighted by Gasteiger charge is 2.10. The average molecular weight is 344 g/mol. The number of hydrogen-bond donors (Lipinski definition) is 0. The standard InChI is InChI=1S/C22H30ClN/c1-20(10-8-9-16-23)15-17-24(18-21-11-4-2-5-12-21)19-22-13-6-3-7-14-22/h2-7,11-14,20H,8-10,15-19H2,1H3/t20-/m0/s1. The van der Waals surface area contributed by atoms with Crippen molar-refractivity contribution in [2.75, 3.05) is 12.4 Å². The Labute approximate surface area is 152 Å². The van der Waals surface area contributed by atoms with Gasteiger partial charge in [-0.25, -0.2) is 0 Å². The van der Waals surface area contributed by atoms with Crippen molar-refractivity contribution in [2.45, 2.75) is 45.7 Å². The number of hydrogen-bond acceptors (Lipinski definition) is 1. The minimum Gasteiger partial charge on any atom is -0.295 e. The van der Waals surface area contributed by atoms with E-state index in [4.69, 9.17) is 11.6 Å². The Hall–Kier alpha value is -1.31. The SMILES string of the molecule is C[C@@H](CCCCCl)CCN(Cc1ccccc1)Cc1ccccc1. The minimum atomic E-state index is 0.766. The molecule has 0 aliphatic heterocycles. The van der Waals surface area contributed by atoms with Crippen molar-refractivity contribution in [3.63, 3.8) is 0 Å². The molecule has 0 N–H and O–H groups in total. The van der Waals surface area contributed by atoms with Gasteiger partial charge in [0.25, 0.3) is 0 Å².